The summed E-state index contributed by atoms with van der Waals surface area (Å²) in [6.07, 6.45) is 4.53. The highest BCUT2D eigenvalue weighted by atomic mass is 19.1. The van der Waals surface area contributed by atoms with Crippen LogP contribution in [0.5, 0.6) is 0 Å². The molecule has 0 bridgehead atoms. The smallest absolute Gasteiger partial charge is 0.220 e. The SMILES string of the molecule is O=C(CCc1ccc(F)cc1)NCCC1CCCO1. The summed E-state index contributed by atoms with van der Waals surface area (Å²) in [4.78, 5) is 11.6. The van der Waals surface area contributed by atoms with Crippen molar-refractivity contribution in [3.05, 3.63) is 35.6 Å². The van der Waals surface area contributed by atoms with Crippen molar-refractivity contribution in [3.63, 3.8) is 0 Å². The zero-order chi connectivity index (χ0) is 13.5. The fourth-order valence-corrected chi connectivity index (χ4v) is 2.24. The molecule has 1 saturated heterocycles. The van der Waals surface area contributed by atoms with Gasteiger partial charge in [0.05, 0.1) is 6.10 Å². The summed E-state index contributed by atoms with van der Waals surface area (Å²) in [7, 11) is 0. The lowest BCUT2D eigenvalue weighted by Crippen LogP contribution is -2.27. The fourth-order valence-electron chi connectivity index (χ4n) is 2.24. The molecule has 1 aliphatic heterocycles. The molecule has 0 aromatic heterocycles. The molecule has 0 radical (unpaired) electrons. The quantitative estimate of drug-likeness (QED) is 0.858. The van der Waals surface area contributed by atoms with E-state index in [0.717, 1.165) is 31.4 Å². The van der Waals surface area contributed by atoms with Gasteiger partial charge < -0.3 is 10.1 Å². The third kappa shape index (κ3) is 4.99. The van der Waals surface area contributed by atoms with E-state index in [1.54, 1.807) is 12.1 Å². The molecular weight excluding hydrogens is 245 g/mol. The van der Waals surface area contributed by atoms with Crippen LogP contribution in [0.15, 0.2) is 24.3 Å². The Morgan fingerprint density at radius 2 is 2.16 bits per heavy atom. The van der Waals surface area contributed by atoms with Crippen LogP contribution in [0, 0.1) is 5.82 Å². The lowest BCUT2D eigenvalue weighted by atomic mass is 10.1. The molecule has 1 unspecified atom stereocenters. The van der Waals surface area contributed by atoms with E-state index in [1.165, 1.54) is 12.1 Å². The largest absolute Gasteiger partial charge is 0.378 e. The van der Waals surface area contributed by atoms with E-state index >= 15 is 0 Å². The lowest BCUT2D eigenvalue weighted by Gasteiger charge is -2.10. The second-order valence-corrected chi connectivity index (χ2v) is 4.90. The number of ether oxygens (including phenoxy) is 1. The molecule has 0 saturated carbocycles. The highest BCUT2D eigenvalue weighted by Gasteiger charge is 2.14. The second kappa shape index (κ2) is 7.24. The Bertz CT molecular complexity index is 399. The molecule has 2 rings (SSSR count). The van der Waals surface area contributed by atoms with Gasteiger partial charge in [0.1, 0.15) is 5.82 Å². The van der Waals surface area contributed by atoms with E-state index in [9.17, 15) is 9.18 Å². The van der Waals surface area contributed by atoms with Gasteiger partial charge in [0.25, 0.3) is 0 Å². The van der Waals surface area contributed by atoms with Crippen LogP contribution >= 0.6 is 0 Å². The van der Waals surface area contributed by atoms with E-state index in [-0.39, 0.29) is 11.7 Å². The van der Waals surface area contributed by atoms with Crippen molar-refractivity contribution in [1.82, 2.24) is 5.32 Å². The van der Waals surface area contributed by atoms with Gasteiger partial charge in [-0.25, -0.2) is 4.39 Å². The van der Waals surface area contributed by atoms with Crippen molar-refractivity contribution >= 4 is 5.91 Å². The van der Waals surface area contributed by atoms with Crippen LogP contribution in [-0.2, 0) is 16.0 Å². The van der Waals surface area contributed by atoms with Crippen molar-refractivity contribution < 1.29 is 13.9 Å². The molecule has 4 heteroatoms. The van der Waals surface area contributed by atoms with Crippen LogP contribution in [0.3, 0.4) is 0 Å². The monoisotopic (exact) mass is 265 g/mol. The second-order valence-electron chi connectivity index (χ2n) is 4.90. The highest BCUT2D eigenvalue weighted by molar-refractivity contribution is 5.76. The molecule has 3 nitrogen and oxygen atoms in total. The van der Waals surface area contributed by atoms with Crippen molar-refractivity contribution in [2.24, 2.45) is 0 Å². The number of rotatable bonds is 6. The predicted molar refractivity (Wildman–Crippen MR) is 71.3 cm³/mol. The molecular formula is C15H20FNO2. The molecule has 104 valence electrons. The van der Waals surface area contributed by atoms with E-state index in [0.29, 0.717) is 25.5 Å². The Labute approximate surface area is 113 Å². The number of hydrogen-bond donors (Lipinski definition) is 1. The Morgan fingerprint density at radius 1 is 1.37 bits per heavy atom. The predicted octanol–water partition coefficient (Wildman–Crippen LogP) is 2.44. The molecule has 1 amide bonds. The maximum absolute atomic E-state index is 12.7. The number of amides is 1. The van der Waals surface area contributed by atoms with E-state index in [2.05, 4.69) is 5.32 Å². The molecule has 0 spiro atoms. The minimum absolute atomic E-state index is 0.0438. The molecule has 1 atom stereocenters. The van der Waals surface area contributed by atoms with Crippen molar-refractivity contribution in [1.29, 1.82) is 0 Å². The van der Waals surface area contributed by atoms with E-state index in [4.69, 9.17) is 4.74 Å². The molecule has 1 aliphatic rings. The summed E-state index contributed by atoms with van der Waals surface area (Å²) >= 11 is 0. The van der Waals surface area contributed by atoms with Crippen LogP contribution in [0.2, 0.25) is 0 Å². The number of carbonyl (C=O) groups excluding carboxylic acids is 1. The van der Waals surface area contributed by atoms with Crippen LogP contribution in [0.25, 0.3) is 0 Å². The van der Waals surface area contributed by atoms with Crippen LogP contribution in [0.1, 0.15) is 31.2 Å². The first-order valence-corrected chi connectivity index (χ1v) is 6.87. The number of halogens is 1. The molecule has 1 heterocycles. The van der Waals surface area contributed by atoms with Gasteiger partial charge in [0.2, 0.25) is 5.91 Å². The lowest BCUT2D eigenvalue weighted by molar-refractivity contribution is -0.121. The first-order chi connectivity index (χ1) is 9.24. The van der Waals surface area contributed by atoms with Gasteiger partial charge >= 0.3 is 0 Å². The molecule has 1 aromatic rings. The number of nitrogens with one attached hydrogen (secondary N) is 1. The summed E-state index contributed by atoms with van der Waals surface area (Å²) in [6.45, 7) is 1.52. The van der Waals surface area contributed by atoms with Crippen LogP contribution in [0.4, 0.5) is 4.39 Å². The Hall–Kier alpha value is -1.42. The Kier molecular flexibility index (Phi) is 5.33. The van der Waals surface area contributed by atoms with Crippen molar-refractivity contribution in [3.8, 4) is 0 Å². The number of hydrogen-bond acceptors (Lipinski definition) is 2. The van der Waals surface area contributed by atoms with E-state index < -0.39 is 0 Å². The minimum Gasteiger partial charge on any atom is -0.378 e. The van der Waals surface area contributed by atoms with Gasteiger partial charge in [0, 0.05) is 19.6 Å². The van der Waals surface area contributed by atoms with E-state index in [1.807, 2.05) is 0 Å². The Balaban J connectivity index is 1.60. The molecule has 19 heavy (non-hydrogen) atoms. The third-order valence-corrected chi connectivity index (χ3v) is 3.37. The summed E-state index contributed by atoms with van der Waals surface area (Å²) in [5.74, 6) is -0.202. The van der Waals surface area contributed by atoms with Crippen LogP contribution in [-0.4, -0.2) is 25.2 Å². The van der Waals surface area contributed by atoms with Gasteiger partial charge in [-0.2, -0.15) is 0 Å². The number of aryl methyl sites for hydroxylation is 1. The fraction of sp³-hybridized carbons (Fsp3) is 0.533. The molecule has 1 fully saturated rings. The van der Waals surface area contributed by atoms with Gasteiger partial charge in [-0.3, -0.25) is 4.79 Å². The van der Waals surface area contributed by atoms with Gasteiger partial charge in [0.15, 0.2) is 0 Å². The first-order valence-electron chi connectivity index (χ1n) is 6.87. The zero-order valence-corrected chi connectivity index (χ0v) is 11.0. The topological polar surface area (TPSA) is 38.3 Å². The van der Waals surface area contributed by atoms with Gasteiger partial charge in [-0.15, -0.1) is 0 Å². The third-order valence-electron chi connectivity index (χ3n) is 3.37. The van der Waals surface area contributed by atoms with Crippen molar-refractivity contribution in [2.45, 2.75) is 38.2 Å². The number of carbonyl (C=O) groups is 1. The van der Waals surface area contributed by atoms with Crippen molar-refractivity contribution in [2.75, 3.05) is 13.2 Å². The zero-order valence-electron chi connectivity index (χ0n) is 11.0. The minimum atomic E-state index is -0.246. The first kappa shape index (κ1) is 14.0. The van der Waals surface area contributed by atoms with Crippen LogP contribution < -0.4 is 5.32 Å². The van der Waals surface area contributed by atoms with Gasteiger partial charge in [-0.1, -0.05) is 12.1 Å². The summed E-state index contributed by atoms with van der Waals surface area (Å²) in [6, 6.07) is 6.28. The average Bonchev–Trinajstić information content (AvgIpc) is 2.91. The average molecular weight is 265 g/mol. The highest BCUT2D eigenvalue weighted by Crippen LogP contribution is 2.14. The Morgan fingerprint density at radius 3 is 2.84 bits per heavy atom. The summed E-state index contributed by atoms with van der Waals surface area (Å²) in [5, 5.41) is 2.90. The molecule has 1 N–H and O–H groups in total. The summed E-state index contributed by atoms with van der Waals surface area (Å²) < 4.78 is 18.2. The molecule has 1 aromatic carbocycles. The summed E-state index contributed by atoms with van der Waals surface area (Å²) in [5.41, 5.74) is 0.982. The maximum atomic E-state index is 12.7. The molecule has 0 aliphatic carbocycles. The number of benzene rings is 1. The normalized spacial score (nSPS) is 18.5. The maximum Gasteiger partial charge on any atom is 0.220 e. The standard InChI is InChI=1S/C15H20FNO2/c16-13-6-3-12(4-7-13)5-8-15(18)17-10-9-14-2-1-11-19-14/h3-4,6-7,14H,1-2,5,8-11H2,(H,17,18). The van der Waals surface area contributed by atoms with Gasteiger partial charge in [-0.05, 0) is 43.4 Å².